The van der Waals surface area contributed by atoms with Crippen LogP contribution in [0.25, 0.3) is 0 Å². The lowest BCUT2D eigenvalue weighted by atomic mass is 10.0. The van der Waals surface area contributed by atoms with Gasteiger partial charge in [0.25, 0.3) is 0 Å². The lowest BCUT2D eigenvalue weighted by Crippen LogP contribution is -2.38. The topological polar surface area (TPSA) is 58.3 Å². The van der Waals surface area contributed by atoms with E-state index in [1.807, 2.05) is 6.07 Å². The summed E-state index contributed by atoms with van der Waals surface area (Å²) in [4.78, 5) is 0. The van der Waals surface area contributed by atoms with Crippen molar-refractivity contribution in [2.75, 3.05) is 12.3 Å². The van der Waals surface area contributed by atoms with Gasteiger partial charge < -0.3 is 16.2 Å². The first kappa shape index (κ1) is 12.4. The monoisotopic (exact) mass is 234 g/mol. The van der Waals surface area contributed by atoms with Gasteiger partial charge in [0.15, 0.2) is 0 Å². The van der Waals surface area contributed by atoms with Crippen LogP contribution in [-0.4, -0.2) is 17.8 Å². The van der Waals surface area contributed by atoms with Crippen LogP contribution in [0.5, 0.6) is 0 Å². The van der Waals surface area contributed by atoms with Crippen LogP contribution >= 0.6 is 0 Å². The molecule has 0 spiro atoms. The standard InChI is InChI=1S/C14H22N2O/c1-9(2)14(8-17)16-13-6-3-10-7-11(15)4-5-12(10)13/h4-5,7,9,13-14,16-17H,3,6,8,15H2,1-2H3/t13?,14-/m1/s1. The Balaban J connectivity index is 2.11. The third-order valence-corrected chi connectivity index (χ3v) is 3.66. The van der Waals surface area contributed by atoms with Gasteiger partial charge in [-0.05, 0) is 42.0 Å². The minimum Gasteiger partial charge on any atom is -0.399 e. The summed E-state index contributed by atoms with van der Waals surface area (Å²) in [6, 6.07) is 6.68. The molecule has 4 N–H and O–H groups in total. The molecule has 0 radical (unpaired) electrons. The molecule has 1 aliphatic rings. The van der Waals surface area contributed by atoms with Crippen LogP contribution in [0.3, 0.4) is 0 Å². The zero-order valence-corrected chi connectivity index (χ0v) is 10.6. The van der Waals surface area contributed by atoms with Crippen LogP contribution in [0, 0.1) is 5.92 Å². The molecule has 17 heavy (non-hydrogen) atoms. The SMILES string of the molecule is CC(C)[C@@H](CO)NC1CCc2cc(N)ccc21. The number of fused-ring (bicyclic) bond motifs is 1. The zero-order valence-electron chi connectivity index (χ0n) is 10.6. The van der Waals surface area contributed by atoms with Gasteiger partial charge in [-0.3, -0.25) is 0 Å². The lowest BCUT2D eigenvalue weighted by Gasteiger charge is -2.25. The van der Waals surface area contributed by atoms with Crippen molar-refractivity contribution in [1.82, 2.24) is 5.32 Å². The highest BCUT2D eigenvalue weighted by Crippen LogP contribution is 2.32. The van der Waals surface area contributed by atoms with E-state index in [1.54, 1.807) is 0 Å². The van der Waals surface area contributed by atoms with E-state index in [9.17, 15) is 5.11 Å². The van der Waals surface area contributed by atoms with Crippen LogP contribution in [0.1, 0.15) is 37.4 Å². The van der Waals surface area contributed by atoms with Gasteiger partial charge in [-0.1, -0.05) is 19.9 Å². The summed E-state index contributed by atoms with van der Waals surface area (Å²) in [6.07, 6.45) is 2.18. The van der Waals surface area contributed by atoms with Gasteiger partial charge >= 0.3 is 0 Å². The Hall–Kier alpha value is -1.06. The molecule has 1 aromatic rings. The number of nitrogens with one attached hydrogen (secondary N) is 1. The molecule has 0 amide bonds. The smallest absolute Gasteiger partial charge is 0.0587 e. The maximum atomic E-state index is 9.37. The molecule has 0 heterocycles. The zero-order chi connectivity index (χ0) is 12.4. The molecule has 0 aromatic heterocycles. The molecule has 2 rings (SSSR count). The Kier molecular flexibility index (Phi) is 3.69. The van der Waals surface area contributed by atoms with Crippen molar-refractivity contribution in [1.29, 1.82) is 0 Å². The fourth-order valence-corrected chi connectivity index (χ4v) is 2.52. The van der Waals surface area contributed by atoms with E-state index in [1.165, 1.54) is 11.1 Å². The number of aliphatic hydroxyl groups is 1. The molecule has 2 atom stereocenters. The minimum absolute atomic E-state index is 0.170. The lowest BCUT2D eigenvalue weighted by molar-refractivity contribution is 0.199. The van der Waals surface area contributed by atoms with Crippen LogP contribution in [0.15, 0.2) is 18.2 Å². The van der Waals surface area contributed by atoms with E-state index in [-0.39, 0.29) is 12.6 Å². The summed E-state index contributed by atoms with van der Waals surface area (Å²) >= 11 is 0. The predicted molar refractivity (Wildman–Crippen MR) is 70.8 cm³/mol. The maximum Gasteiger partial charge on any atom is 0.0587 e. The summed E-state index contributed by atoms with van der Waals surface area (Å²) in [5, 5.41) is 12.9. The fraction of sp³-hybridized carbons (Fsp3) is 0.571. The third kappa shape index (κ3) is 2.61. The third-order valence-electron chi connectivity index (χ3n) is 3.66. The van der Waals surface area contributed by atoms with Crippen molar-refractivity contribution < 1.29 is 5.11 Å². The highest BCUT2D eigenvalue weighted by atomic mass is 16.3. The summed E-state index contributed by atoms with van der Waals surface area (Å²) in [7, 11) is 0. The van der Waals surface area contributed by atoms with Crippen LogP contribution in [0.2, 0.25) is 0 Å². The number of rotatable bonds is 4. The normalized spacial score (nSPS) is 20.6. The molecule has 1 unspecified atom stereocenters. The second kappa shape index (κ2) is 5.07. The molecule has 1 aliphatic carbocycles. The van der Waals surface area contributed by atoms with Crippen LogP contribution < -0.4 is 11.1 Å². The van der Waals surface area contributed by atoms with Gasteiger partial charge in [-0.15, -0.1) is 0 Å². The van der Waals surface area contributed by atoms with Crippen LogP contribution in [-0.2, 0) is 6.42 Å². The van der Waals surface area contributed by atoms with Crippen molar-refractivity contribution in [2.24, 2.45) is 5.92 Å². The highest BCUT2D eigenvalue weighted by molar-refractivity contribution is 5.47. The van der Waals surface area contributed by atoms with E-state index >= 15 is 0 Å². The maximum absolute atomic E-state index is 9.37. The fourth-order valence-electron chi connectivity index (χ4n) is 2.52. The van der Waals surface area contributed by atoms with Gasteiger partial charge in [0.1, 0.15) is 0 Å². The second-order valence-electron chi connectivity index (χ2n) is 5.25. The number of nitrogen functional groups attached to an aromatic ring is 1. The molecule has 0 saturated carbocycles. The highest BCUT2D eigenvalue weighted by Gasteiger charge is 2.25. The number of aryl methyl sites for hydroxylation is 1. The van der Waals surface area contributed by atoms with Crippen molar-refractivity contribution in [3.05, 3.63) is 29.3 Å². The summed E-state index contributed by atoms with van der Waals surface area (Å²) < 4.78 is 0. The molecule has 0 aliphatic heterocycles. The number of hydrogen-bond acceptors (Lipinski definition) is 3. The van der Waals surface area contributed by atoms with E-state index < -0.39 is 0 Å². The molecule has 0 saturated heterocycles. The molecule has 0 fully saturated rings. The number of hydrogen-bond donors (Lipinski definition) is 3. The van der Waals surface area contributed by atoms with E-state index in [0.717, 1.165) is 18.5 Å². The van der Waals surface area contributed by atoms with Gasteiger partial charge in [0.05, 0.1) is 6.61 Å². The Labute approximate surface area is 103 Å². The summed E-state index contributed by atoms with van der Waals surface area (Å²) in [5.41, 5.74) is 9.33. The molecular formula is C14H22N2O. The van der Waals surface area contributed by atoms with Crippen molar-refractivity contribution >= 4 is 5.69 Å². The number of benzene rings is 1. The Bertz CT molecular complexity index is 390. The van der Waals surface area contributed by atoms with Gasteiger partial charge in [0, 0.05) is 17.8 Å². The van der Waals surface area contributed by atoms with E-state index in [4.69, 9.17) is 5.73 Å². The molecule has 3 heteroatoms. The molecule has 94 valence electrons. The Morgan fingerprint density at radius 3 is 2.88 bits per heavy atom. The number of nitrogens with two attached hydrogens (primary N) is 1. The first-order valence-electron chi connectivity index (χ1n) is 6.37. The average molecular weight is 234 g/mol. The summed E-state index contributed by atoms with van der Waals surface area (Å²) in [6.45, 7) is 4.46. The number of aliphatic hydroxyl groups excluding tert-OH is 1. The minimum atomic E-state index is 0.170. The van der Waals surface area contributed by atoms with E-state index in [0.29, 0.717) is 12.0 Å². The molecule has 0 bridgehead atoms. The molecule has 3 nitrogen and oxygen atoms in total. The molecule has 1 aromatic carbocycles. The van der Waals surface area contributed by atoms with Crippen molar-refractivity contribution in [3.8, 4) is 0 Å². The largest absolute Gasteiger partial charge is 0.399 e. The molecular weight excluding hydrogens is 212 g/mol. The van der Waals surface area contributed by atoms with Gasteiger partial charge in [-0.25, -0.2) is 0 Å². The van der Waals surface area contributed by atoms with Gasteiger partial charge in [-0.2, -0.15) is 0 Å². The van der Waals surface area contributed by atoms with Crippen molar-refractivity contribution in [2.45, 2.75) is 38.8 Å². The first-order chi connectivity index (χ1) is 8.11. The van der Waals surface area contributed by atoms with Crippen molar-refractivity contribution in [3.63, 3.8) is 0 Å². The van der Waals surface area contributed by atoms with E-state index in [2.05, 4.69) is 31.3 Å². The predicted octanol–water partition coefficient (Wildman–Crippen LogP) is 1.86. The number of anilines is 1. The quantitative estimate of drug-likeness (QED) is 0.697. The van der Waals surface area contributed by atoms with Crippen LogP contribution in [0.4, 0.5) is 5.69 Å². The Morgan fingerprint density at radius 1 is 1.47 bits per heavy atom. The average Bonchev–Trinajstić information content (AvgIpc) is 2.67. The first-order valence-corrected chi connectivity index (χ1v) is 6.37. The van der Waals surface area contributed by atoms with Gasteiger partial charge in [0.2, 0.25) is 0 Å². The second-order valence-corrected chi connectivity index (χ2v) is 5.25. The summed E-state index contributed by atoms with van der Waals surface area (Å²) in [5.74, 6) is 0.442. The Morgan fingerprint density at radius 2 is 2.24 bits per heavy atom.